The van der Waals surface area contributed by atoms with E-state index in [1.807, 2.05) is 6.92 Å². The summed E-state index contributed by atoms with van der Waals surface area (Å²) in [6.45, 7) is 6.31. The van der Waals surface area contributed by atoms with Gasteiger partial charge in [0.25, 0.3) is 0 Å². The molecule has 20 heavy (non-hydrogen) atoms. The van der Waals surface area contributed by atoms with Crippen LogP contribution in [0.4, 0.5) is 0 Å². The van der Waals surface area contributed by atoms with Gasteiger partial charge >= 0.3 is 0 Å². The van der Waals surface area contributed by atoms with Crippen molar-refractivity contribution in [2.45, 2.75) is 51.2 Å². The van der Waals surface area contributed by atoms with E-state index in [4.69, 9.17) is 15.2 Å². The Balaban J connectivity index is 0.00000200. The van der Waals surface area contributed by atoms with Gasteiger partial charge in [0.05, 0.1) is 18.8 Å². The second-order valence-electron chi connectivity index (χ2n) is 5.34. The summed E-state index contributed by atoms with van der Waals surface area (Å²) in [4.78, 5) is 6.41. The number of hydrogen-bond acceptors (Lipinski definition) is 3. The maximum absolute atomic E-state index is 5.98. The van der Waals surface area contributed by atoms with Gasteiger partial charge < -0.3 is 20.1 Å². The lowest BCUT2D eigenvalue weighted by molar-refractivity contribution is -0.0720. The molecule has 0 radical (unpaired) electrons. The minimum atomic E-state index is 0. The van der Waals surface area contributed by atoms with Crippen LogP contribution >= 0.6 is 24.0 Å². The molecule has 1 atom stereocenters. The van der Waals surface area contributed by atoms with Crippen molar-refractivity contribution in [1.82, 2.24) is 4.90 Å². The van der Waals surface area contributed by atoms with Crippen LogP contribution in [-0.4, -0.2) is 55.9 Å². The monoisotopic (exact) mass is 397 g/mol. The van der Waals surface area contributed by atoms with Gasteiger partial charge in [-0.05, 0) is 39.0 Å². The summed E-state index contributed by atoms with van der Waals surface area (Å²) >= 11 is 0. The van der Waals surface area contributed by atoms with Crippen molar-refractivity contribution in [2.24, 2.45) is 10.7 Å². The van der Waals surface area contributed by atoms with E-state index in [-0.39, 0.29) is 24.0 Å². The van der Waals surface area contributed by atoms with Gasteiger partial charge in [-0.2, -0.15) is 0 Å². The van der Waals surface area contributed by atoms with Gasteiger partial charge in [0.15, 0.2) is 5.96 Å². The molecule has 2 heterocycles. The second-order valence-corrected chi connectivity index (χ2v) is 5.34. The van der Waals surface area contributed by atoms with E-state index in [1.54, 1.807) is 0 Å². The summed E-state index contributed by atoms with van der Waals surface area (Å²) in [6.07, 6.45) is 6.37. The van der Waals surface area contributed by atoms with E-state index in [0.29, 0.717) is 18.2 Å². The molecule has 0 aliphatic carbocycles. The Labute approximate surface area is 139 Å². The first-order valence-electron chi connectivity index (χ1n) is 7.57. The first-order valence-corrected chi connectivity index (χ1v) is 7.57. The van der Waals surface area contributed by atoms with Gasteiger partial charge in [-0.25, -0.2) is 0 Å². The first-order chi connectivity index (χ1) is 9.29. The predicted molar refractivity (Wildman–Crippen MR) is 91.7 cm³/mol. The maximum Gasteiger partial charge on any atom is 0.191 e. The van der Waals surface area contributed by atoms with Gasteiger partial charge in [0.2, 0.25) is 0 Å². The summed E-state index contributed by atoms with van der Waals surface area (Å²) in [7, 11) is 0. The number of hydrogen-bond donors (Lipinski definition) is 1. The predicted octanol–water partition coefficient (Wildman–Crippen LogP) is 1.99. The van der Waals surface area contributed by atoms with E-state index in [2.05, 4.69) is 9.89 Å². The summed E-state index contributed by atoms with van der Waals surface area (Å²) in [6, 6.07) is 0. The fraction of sp³-hybridized carbons (Fsp3) is 0.929. The molecule has 118 valence electrons. The number of likely N-dealkylation sites (tertiary alicyclic amines) is 1. The van der Waals surface area contributed by atoms with Crippen LogP contribution < -0.4 is 5.73 Å². The smallest absolute Gasteiger partial charge is 0.191 e. The van der Waals surface area contributed by atoms with Gasteiger partial charge in [0, 0.05) is 26.2 Å². The lowest BCUT2D eigenvalue weighted by atomic mass is 10.1. The van der Waals surface area contributed by atoms with Crippen molar-refractivity contribution in [3.05, 3.63) is 0 Å². The van der Waals surface area contributed by atoms with Crippen LogP contribution in [0, 0.1) is 0 Å². The van der Waals surface area contributed by atoms with Crippen LogP contribution in [0.25, 0.3) is 0 Å². The van der Waals surface area contributed by atoms with Gasteiger partial charge in [-0.3, -0.25) is 4.99 Å². The quantitative estimate of drug-likeness (QED) is 0.448. The lowest BCUT2D eigenvalue weighted by Gasteiger charge is -2.33. The van der Waals surface area contributed by atoms with Crippen molar-refractivity contribution in [3.63, 3.8) is 0 Å². The number of rotatable bonds is 4. The van der Waals surface area contributed by atoms with Crippen LogP contribution in [0.5, 0.6) is 0 Å². The zero-order valence-electron chi connectivity index (χ0n) is 12.4. The molecule has 6 heteroatoms. The highest BCUT2D eigenvalue weighted by Gasteiger charge is 2.22. The fourth-order valence-corrected chi connectivity index (χ4v) is 2.70. The van der Waals surface area contributed by atoms with Crippen LogP contribution in [0.1, 0.15) is 39.0 Å². The van der Waals surface area contributed by atoms with E-state index in [9.17, 15) is 0 Å². The molecule has 2 aliphatic heterocycles. The van der Waals surface area contributed by atoms with E-state index < -0.39 is 0 Å². The molecule has 2 N–H and O–H groups in total. The number of ether oxygens (including phenoxy) is 2. The molecule has 5 nitrogen and oxygen atoms in total. The zero-order valence-corrected chi connectivity index (χ0v) is 14.8. The van der Waals surface area contributed by atoms with E-state index in [0.717, 1.165) is 52.1 Å². The number of nitrogens with two attached hydrogens (primary N) is 1. The highest BCUT2D eigenvalue weighted by molar-refractivity contribution is 14.0. The molecular weight excluding hydrogens is 369 g/mol. The van der Waals surface area contributed by atoms with Crippen molar-refractivity contribution >= 4 is 29.9 Å². The molecule has 0 aromatic rings. The summed E-state index contributed by atoms with van der Waals surface area (Å²) < 4.78 is 11.7. The largest absolute Gasteiger partial charge is 0.376 e. The Kier molecular flexibility index (Phi) is 8.79. The molecule has 0 aromatic carbocycles. The van der Waals surface area contributed by atoms with Crippen molar-refractivity contribution < 1.29 is 9.47 Å². The highest BCUT2D eigenvalue weighted by Crippen LogP contribution is 2.17. The maximum atomic E-state index is 5.98. The minimum absolute atomic E-state index is 0. The molecular formula is C14H28IN3O2. The fourth-order valence-electron chi connectivity index (χ4n) is 2.70. The third-order valence-electron chi connectivity index (χ3n) is 3.88. The average molecular weight is 397 g/mol. The Morgan fingerprint density at radius 2 is 2.05 bits per heavy atom. The molecule has 2 saturated heterocycles. The number of aliphatic imine (C=N–C) groups is 1. The molecule has 1 unspecified atom stereocenters. The Morgan fingerprint density at radius 1 is 1.30 bits per heavy atom. The molecule has 0 bridgehead atoms. The normalized spacial score (nSPS) is 25.4. The lowest BCUT2D eigenvalue weighted by Crippen LogP contribution is -2.45. The van der Waals surface area contributed by atoms with Crippen molar-refractivity contribution in [1.29, 1.82) is 0 Å². The molecule has 0 saturated carbocycles. The number of guanidine groups is 1. The van der Waals surface area contributed by atoms with Crippen LogP contribution in [0.2, 0.25) is 0 Å². The van der Waals surface area contributed by atoms with E-state index >= 15 is 0 Å². The third kappa shape index (κ3) is 5.73. The topological polar surface area (TPSA) is 60.1 Å². The highest BCUT2D eigenvalue weighted by atomic mass is 127. The molecule has 2 aliphatic rings. The van der Waals surface area contributed by atoms with Crippen LogP contribution in [-0.2, 0) is 9.47 Å². The zero-order chi connectivity index (χ0) is 13.5. The van der Waals surface area contributed by atoms with Gasteiger partial charge in [0.1, 0.15) is 0 Å². The standard InChI is InChI=1S/C14H27N3O2.HI/c1-2-16-14(15)17-8-6-12(7-9-17)19-11-13-5-3-4-10-18-13;/h12-13H,2-11H2,1H3,(H2,15,16);1H. The average Bonchev–Trinajstić information content (AvgIpc) is 2.47. The Bertz CT molecular complexity index is 288. The summed E-state index contributed by atoms with van der Waals surface area (Å²) in [5.41, 5.74) is 5.91. The molecule has 0 spiro atoms. The minimum Gasteiger partial charge on any atom is -0.376 e. The summed E-state index contributed by atoms with van der Waals surface area (Å²) in [5, 5.41) is 0. The van der Waals surface area contributed by atoms with E-state index in [1.165, 1.54) is 12.8 Å². The number of halogens is 1. The van der Waals surface area contributed by atoms with Gasteiger partial charge in [-0.15, -0.1) is 24.0 Å². The van der Waals surface area contributed by atoms with Crippen LogP contribution in [0.15, 0.2) is 4.99 Å². The summed E-state index contributed by atoms with van der Waals surface area (Å²) in [5.74, 6) is 0.677. The molecule has 0 aromatic heterocycles. The third-order valence-corrected chi connectivity index (χ3v) is 3.88. The Hall–Kier alpha value is -0.0800. The Morgan fingerprint density at radius 3 is 2.65 bits per heavy atom. The van der Waals surface area contributed by atoms with Crippen LogP contribution in [0.3, 0.4) is 0 Å². The number of nitrogens with zero attached hydrogens (tertiary/aromatic N) is 2. The van der Waals surface area contributed by atoms with Crippen molar-refractivity contribution in [3.8, 4) is 0 Å². The van der Waals surface area contributed by atoms with Gasteiger partial charge in [-0.1, -0.05) is 0 Å². The number of piperidine rings is 1. The second kappa shape index (κ2) is 9.78. The first kappa shape index (κ1) is 18.0. The molecule has 2 rings (SSSR count). The van der Waals surface area contributed by atoms with Crippen molar-refractivity contribution in [2.75, 3.05) is 32.8 Å². The molecule has 0 amide bonds. The SMILES string of the molecule is CCN=C(N)N1CCC(OCC2CCCCO2)CC1.I. The molecule has 2 fully saturated rings.